The Hall–Kier alpha value is -0.410. The van der Waals surface area contributed by atoms with E-state index in [0.717, 1.165) is 24.9 Å². The number of rotatable bonds is 6. The van der Waals surface area contributed by atoms with Crippen LogP contribution in [0, 0.1) is 17.7 Å². The molecule has 0 radical (unpaired) electrons. The molecule has 3 heteroatoms. The van der Waals surface area contributed by atoms with Crippen molar-refractivity contribution in [1.29, 1.82) is 0 Å². The average molecular weight is 302 g/mol. The van der Waals surface area contributed by atoms with Gasteiger partial charge in [0.15, 0.2) is 0 Å². The Labute approximate surface area is 112 Å². The summed E-state index contributed by atoms with van der Waals surface area (Å²) in [5.41, 5.74) is 1.06. The van der Waals surface area contributed by atoms with Crippen LogP contribution in [0.5, 0.6) is 0 Å². The molecule has 0 aliphatic heterocycles. The molecular formula is C14H21BrFN. The molecule has 1 rings (SSSR count). The maximum atomic E-state index is 13.4. The molecule has 96 valence electrons. The molecule has 1 N–H and O–H groups in total. The van der Waals surface area contributed by atoms with Gasteiger partial charge in [-0.1, -0.05) is 26.0 Å². The van der Waals surface area contributed by atoms with Gasteiger partial charge in [-0.25, -0.2) is 4.39 Å². The fourth-order valence-electron chi connectivity index (χ4n) is 2.21. The molecular weight excluding hydrogens is 281 g/mol. The van der Waals surface area contributed by atoms with Gasteiger partial charge >= 0.3 is 0 Å². The van der Waals surface area contributed by atoms with Crippen molar-refractivity contribution in [3.63, 3.8) is 0 Å². The minimum atomic E-state index is -0.171. The third kappa shape index (κ3) is 4.76. The van der Waals surface area contributed by atoms with Crippen LogP contribution in [0.15, 0.2) is 22.7 Å². The monoisotopic (exact) mass is 301 g/mol. The van der Waals surface area contributed by atoms with Crippen molar-refractivity contribution in [3.8, 4) is 0 Å². The Morgan fingerprint density at radius 1 is 1.35 bits per heavy atom. The summed E-state index contributed by atoms with van der Waals surface area (Å²) in [6.07, 6.45) is 2.07. The molecule has 0 bridgehead atoms. The number of hydrogen-bond donors (Lipinski definition) is 1. The first kappa shape index (κ1) is 14.7. The molecule has 0 aliphatic rings. The second-order valence-corrected chi connectivity index (χ2v) is 5.76. The summed E-state index contributed by atoms with van der Waals surface area (Å²) in [5, 5.41) is 3.22. The van der Waals surface area contributed by atoms with Crippen LogP contribution in [0.4, 0.5) is 4.39 Å². The molecule has 0 spiro atoms. The molecule has 1 nitrogen and oxygen atoms in total. The van der Waals surface area contributed by atoms with Crippen molar-refractivity contribution < 1.29 is 4.39 Å². The zero-order valence-electron chi connectivity index (χ0n) is 10.8. The molecule has 1 aromatic carbocycles. The lowest BCUT2D eigenvalue weighted by molar-refractivity contribution is 0.394. The molecule has 0 aliphatic carbocycles. The molecule has 1 unspecified atom stereocenters. The van der Waals surface area contributed by atoms with E-state index in [1.54, 1.807) is 6.07 Å². The van der Waals surface area contributed by atoms with Crippen molar-refractivity contribution in [3.05, 3.63) is 34.1 Å². The Bertz CT molecular complexity index is 352. The van der Waals surface area contributed by atoms with Gasteiger partial charge in [0.25, 0.3) is 0 Å². The minimum Gasteiger partial charge on any atom is -0.319 e. The topological polar surface area (TPSA) is 12.0 Å². The number of halogens is 2. The van der Waals surface area contributed by atoms with Crippen LogP contribution < -0.4 is 5.32 Å². The van der Waals surface area contributed by atoms with E-state index in [0.29, 0.717) is 16.3 Å². The Balaban J connectivity index is 2.74. The van der Waals surface area contributed by atoms with Gasteiger partial charge in [-0.3, -0.25) is 0 Å². The molecule has 0 heterocycles. The first-order chi connectivity index (χ1) is 8.04. The Morgan fingerprint density at radius 3 is 2.65 bits per heavy atom. The summed E-state index contributed by atoms with van der Waals surface area (Å²) >= 11 is 3.33. The largest absolute Gasteiger partial charge is 0.319 e. The number of hydrogen-bond acceptors (Lipinski definition) is 1. The van der Waals surface area contributed by atoms with E-state index in [1.807, 2.05) is 13.1 Å². The van der Waals surface area contributed by atoms with E-state index >= 15 is 0 Å². The first-order valence-electron chi connectivity index (χ1n) is 6.12. The minimum absolute atomic E-state index is 0.171. The maximum absolute atomic E-state index is 13.4. The quantitative estimate of drug-likeness (QED) is 0.837. The second-order valence-electron chi connectivity index (χ2n) is 4.97. The highest BCUT2D eigenvalue weighted by molar-refractivity contribution is 9.10. The van der Waals surface area contributed by atoms with Gasteiger partial charge in [0.05, 0.1) is 4.47 Å². The zero-order valence-corrected chi connectivity index (χ0v) is 12.3. The van der Waals surface area contributed by atoms with E-state index in [1.165, 1.54) is 6.07 Å². The van der Waals surface area contributed by atoms with Gasteiger partial charge in [-0.2, -0.15) is 0 Å². The van der Waals surface area contributed by atoms with E-state index in [2.05, 4.69) is 35.1 Å². The highest BCUT2D eigenvalue weighted by Crippen LogP contribution is 2.25. The van der Waals surface area contributed by atoms with Crippen LogP contribution in [0.3, 0.4) is 0 Å². The third-order valence-electron chi connectivity index (χ3n) is 2.84. The summed E-state index contributed by atoms with van der Waals surface area (Å²) in [6, 6.07) is 5.26. The highest BCUT2D eigenvalue weighted by atomic mass is 79.9. The normalized spacial score (nSPS) is 13.1. The molecule has 1 atom stereocenters. The van der Waals surface area contributed by atoms with Crippen molar-refractivity contribution in [2.75, 3.05) is 13.6 Å². The van der Waals surface area contributed by atoms with Crippen LogP contribution >= 0.6 is 15.9 Å². The smallest absolute Gasteiger partial charge is 0.137 e. The molecule has 0 aromatic heterocycles. The van der Waals surface area contributed by atoms with Crippen LogP contribution in [-0.2, 0) is 6.42 Å². The highest BCUT2D eigenvalue weighted by Gasteiger charge is 2.14. The maximum Gasteiger partial charge on any atom is 0.137 e. The molecule has 0 saturated heterocycles. The molecule has 0 amide bonds. The lowest BCUT2D eigenvalue weighted by Crippen LogP contribution is -2.22. The van der Waals surface area contributed by atoms with Gasteiger partial charge in [0.2, 0.25) is 0 Å². The van der Waals surface area contributed by atoms with E-state index in [4.69, 9.17) is 0 Å². The SMILES string of the molecule is CNCC(Cc1cccc(F)c1Br)CC(C)C. The fourth-order valence-corrected chi connectivity index (χ4v) is 2.64. The summed E-state index contributed by atoms with van der Waals surface area (Å²) in [4.78, 5) is 0. The van der Waals surface area contributed by atoms with Gasteiger partial charge in [0.1, 0.15) is 5.82 Å². The first-order valence-corrected chi connectivity index (χ1v) is 6.91. The number of benzene rings is 1. The van der Waals surface area contributed by atoms with Gasteiger partial charge in [0, 0.05) is 0 Å². The molecule has 0 saturated carbocycles. The van der Waals surface area contributed by atoms with Crippen molar-refractivity contribution in [1.82, 2.24) is 5.32 Å². The van der Waals surface area contributed by atoms with E-state index < -0.39 is 0 Å². The van der Waals surface area contributed by atoms with Gasteiger partial charge < -0.3 is 5.32 Å². The van der Waals surface area contributed by atoms with Crippen molar-refractivity contribution in [2.45, 2.75) is 26.7 Å². The zero-order chi connectivity index (χ0) is 12.8. The van der Waals surface area contributed by atoms with Crippen LogP contribution in [-0.4, -0.2) is 13.6 Å². The van der Waals surface area contributed by atoms with Crippen LogP contribution in [0.25, 0.3) is 0 Å². The van der Waals surface area contributed by atoms with Crippen molar-refractivity contribution >= 4 is 15.9 Å². The van der Waals surface area contributed by atoms with Gasteiger partial charge in [-0.05, 0) is 65.8 Å². The van der Waals surface area contributed by atoms with E-state index in [9.17, 15) is 4.39 Å². The van der Waals surface area contributed by atoms with Crippen LogP contribution in [0.2, 0.25) is 0 Å². The van der Waals surface area contributed by atoms with Gasteiger partial charge in [-0.15, -0.1) is 0 Å². The summed E-state index contributed by atoms with van der Waals surface area (Å²) in [7, 11) is 1.97. The second kappa shape index (κ2) is 7.12. The summed E-state index contributed by atoms with van der Waals surface area (Å²) in [6.45, 7) is 5.42. The predicted molar refractivity (Wildman–Crippen MR) is 74.7 cm³/mol. The summed E-state index contributed by atoms with van der Waals surface area (Å²) in [5.74, 6) is 1.05. The summed E-state index contributed by atoms with van der Waals surface area (Å²) < 4.78 is 14.0. The lowest BCUT2D eigenvalue weighted by Gasteiger charge is -2.19. The van der Waals surface area contributed by atoms with Crippen molar-refractivity contribution in [2.24, 2.45) is 11.8 Å². The molecule has 1 aromatic rings. The molecule has 0 fully saturated rings. The average Bonchev–Trinajstić information content (AvgIpc) is 2.24. The standard InChI is InChI=1S/C14H21BrFN/c1-10(2)7-11(9-17-3)8-12-5-4-6-13(16)14(12)15/h4-6,10-11,17H,7-9H2,1-3H3. The lowest BCUT2D eigenvalue weighted by atomic mass is 9.91. The fraction of sp³-hybridized carbons (Fsp3) is 0.571. The van der Waals surface area contributed by atoms with Crippen LogP contribution in [0.1, 0.15) is 25.8 Å². The Kier molecular flexibility index (Phi) is 6.14. The Morgan fingerprint density at radius 2 is 2.06 bits per heavy atom. The number of nitrogens with one attached hydrogen (secondary N) is 1. The predicted octanol–water partition coefficient (Wildman–Crippen LogP) is 4.01. The van der Waals surface area contributed by atoms with E-state index in [-0.39, 0.29) is 5.82 Å². The molecule has 17 heavy (non-hydrogen) atoms. The third-order valence-corrected chi connectivity index (χ3v) is 3.73.